The number of carbonyl (C=O) groups is 1. The molecule has 2 nitrogen and oxygen atoms in total. The van der Waals surface area contributed by atoms with Crippen LogP contribution in [0.25, 0.3) is 0 Å². The molecular formula is C15H10BrNOS. The Hall–Kier alpha value is -1.52. The standard InChI is InChI=1S/C15H10BrNOS/c1-7-6-10(16)11-12(13(7)17)15(19)9-5-3-2-4-8(9)14(11)18/h2-6H,17H2,1H3. The number of anilines is 1. The number of carbonyl (C=O) groups excluding carboxylic acids is 1. The fraction of sp³-hybridized carbons (Fsp3) is 0.0667. The van der Waals surface area contributed by atoms with Crippen molar-refractivity contribution in [2.75, 3.05) is 5.73 Å². The molecule has 0 bridgehead atoms. The molecule has 0 radical (unpaired) electrons. The van der Waals surface area contributed by atoms with E-state index in [1.165, 1.54) is 0 Å². The Morgan fingerprint density at radius 3 is 2.47 bits per heavy atom. The molecule has 1 aliphatic carbocycles. The monoisotopic (exact) mass is 331 g/mol. The summed E-state index contributed by atoms with van der Waals surface area (Å²) in [5, 5.41) is 0. The summed E-state index contributed by atoms with van der Waals surface area (Å²) < 4.78 is 0.746. The van der Waals surface area contributed by atoms with Gasteiger partial charge in [0.15, 0.2) is 5.78 Å². The van der Waals surface area contributed by atoms with E-state index in [1.807, 2.05) is 31.2 Å². The molecule has 0 saturated carbocycles. The Balaban J connectivity index is 2.43. The third-order valence-electron chi connectivity index (χ3n) is 3.40. The van der Waals surface area contributed by atoms with Gasteiger partial charge in [-0.05, 0) is 34.5 Å². The third-order valence-corrected chi connectivity index (χ3v) is 4.45. The number of rotatable bonds is 0. The fourth-order valence-corrected chi connectivity index (χ4v) is 3.51. The SMILES string of the molecule is Cc1cc(Br)c2c(c1N)C(=S)c1ccccc1C2=O. The normalized spacial score (nSPS) is 13.2. The van der Waals surface area contributed by atoms with Crippen molar-refractivity contribution in [1.82, 2.24) is 0 Å². The van der Waals surface area contributed by atoms with Crippen molar-refractivity contribution in [3.63, 3.8) is 0 Å². The molecular weight excluding hydrogens is 322 g/mol. The highest BCUT2D eigenvalue weighted by atomic mass is 79.9. The quantitative estimate of drug-likeness (QED) is 0.505. The number of fused-ring (bicyclic) bond motifs is 2. The second-order valence-corrected chi connectivity index (χ2v) is 5.81. The summed E-state index contributed by atoms with van der Waals surface area (Å²) in [6.07, 6.45) is 0. The predicted molar refractivity (Wildman–Crippen MR) is 84.0 cm³/mol. The molecule has 0 atom stereocenters. The molecule has 0 saturated heterocycles. The minimum absolute atomic E-state index is 0.0298. The van der Waals surface area contributed by atoms with E-state index in [-0.39, 0.29) is 5.78 Å². The molecule has 2 aromatic rings. The largest absolute Gasteiger partial charge is 0.398 e. The second-order valence-electron chi connectivity index (χ2n) is 4.54. The summed E-state index contributed by atoms with van der Waals surface area (Å²) in [6, 6.07) is 9.26. The summed E-state index contributed by atoms with van der Waals surface area (Å²) >= 11 is 8.97. The first-order valence-electron chi connectivity index (χ1n) is 5.79. The fourth-order valence-electron chi connectivity index (χ4n) is 2.40. The summed E-state index contributed by atoms with van der Waals surface area (Å²) in [5.41, 5.74) is 10.3. The van der Waals surface area contributed by atoms with Gasteiger partial charge in [0.25, 0.3) is 0 Å². The van der Waals surface area contributed by atoms with Crippen molar-refractivity contribution in [1.29, 1.82) is 0 Å². The zero-order valence-corrected chi connectivity index (χ0v) is 12.6. The highest BCUT2D eigenvalue weighted by molar-refractivity contribution is 9.10. The van der Waals surface area contributed by atoms with Gasteiger partial charge in [-0.2, -0.15) is 0 Å². The molecule has 0 aromatic heterocycles. The predicted octanol–water partition coefficient (Wildman–Crippen LogP) is 3.65. The van der Waals surface area contributed by atoms with Gasteiger partial charge in [-0.25, -0.2) is 0 Å². The van der Waals surface area contributed by atoms with Crippen LogP contribution in [0.4, 0.5) is 5.69 Å². The van der Waals surface area contributed by atoms with Gasteiger partial charge in [0.05, 0.1) is 4.86 Å². The maximum absolute atomic E-state index is 12.6. The average Bonchev–Trinajstić information content (AvgIpc) is 2.40. The Bertz CT molecular complexity index is 752. The van der Waals surface area contributed by atoms with E-state index in [2.05, 4.69) is 15.9 Å². The van der Waals surface area contributed by atoms with Gasteiger partial charge in [-0.3, -0.25) is 4.79 Å². The molecule has 2 aromatic carbocycles. The lowest BCUT2D eigenvalue weighted by molar-refractivity contribution is 0.103. The molecule has 0 spiro atoms. The smallest absolute Gasteiger partial charge is 0.195 e. The number of halogens is 1. The molecule has 2 N–H and O–H groups in total. The lowest BCUT2D eigenvalue weighted by atomic mass is 9.83. The van der Waals surface area contributed by atoms with E-state index in [1.54, 1.807) is 6.07 Å². The zero-order valence-electron chi connectivity index (χ0n) is 10.2. The first-order chi connectivity index (χ1) is 9.02. The van der Waals surface area contributed by atoms with Crippen LogP contribution >= 0.6 is 28.1 Å². The topological polar surface area (TPSA) is 43.1 Å². The van der Waals surface area contributed by atoms with E-state index < -0.39 is 0 Å². The summed E-state index contributed by atoms with van der Waals surface area (Å²) in [6.45, 7) is 1.91. The lowest BCUT2D eigenvalue weighted by Gasteiger charge is -2.23. The zero-order chi connectivity index (χ0) is 13.7. The number of ketones is 1. The van der Waals surface area contributed by atoms with E-state index in [4.69, 9.17) is 18.0 Å². The minimum atomic E-state index is -0.0298. The summed E-state index contributed by atoms with van der Waals surface area (Å²) in [7, 11) is 0. The summed E-state index contributed by atoms with van der Waals surface area (Å²) in [4.78, 5) is 13.2. The summed E-state index contributed by atoms with van der Waals surface area (Å²) in [5.74, 6) is -0.0298. The van der Waals surface area contributed by atoms with Crippen LogP contribution in [0.3, 0.4) is 0 Å². The van der Waals surface area contributed by atoms with E-state index >= 15 is 0 Å². The number of hydrogen-bond donors (Lipinski definition) is 1. The number of nitrogens with two attached hydrogens (primary N) is 1. The first kappa shape index (κ1) is 12.5. The Morgan fingerprint density at radius 1 is 1.16 bits per heavy atom. The van der Waals surface area contributed by atoms with Gasteiger partial charge in [0.1, 0.15) is 0 Å². The molecule has 4 heteroatoms. The van der Waals surface area contributed by atoms with Gasteiger partial charge in [-0.15, -0.1) is 0 Å². The molecule has 0 amide bonds. The van der Waals surface area contributed by atoms with Crippen LogP contribution in [0.2, 0.25) is 0 Å². The number of thiocarbonyl (C=S) groups is 1. The number of hydrogen-bond acceptors (Lipinski definition) is 3. The van der Waals surface area contributed by atoms with Crippen LogP contribution in [0.15, 0.2) is 34.8 Å². The van der Waals surface area contributed by atoms with Gasteiger partial charge in [0, 0.05) is 32.4 Å². The second kappa shape index (κ2) is 4.25. The first-order valence-corrected chi connectivity index (χ1v) is 6.99. The number of nitrogen functional groups attached to an aromatic ring is 1. The van der Waals surface area contributed by atoms with Crippen LogP contribution < -0.4 is 5.73 Å². The van der Waals surface area contributed by atoms with Crippen molar-refractivity contribution in [3.05, 3.63) is 62.6 Å². The van der Waals surface area contributed by atoms with Crippen LogP contribution in [0.1, 0.15) is 32.6 Å². The van der Waals surface area contributed by atoms with Crippen molar-refractivity contribution in [3.8, 4) is 0 Å². The molecule has 3 rings (SSSR count). The molecule has 1 aliphatic rings. The highest BCUT2D eigenvalue weighted by Crippen LogP contribution is 2.37. The average molecular weight is 332 g/mol. The lowest BCUT2D eigenvalue weighted by Crippen LogP contribution is -2.22. The van der Waals surface area contributed by atoms with Crippen molar-refractivity contribution in [2.45, 2.75) is 6.92 Å². The molecule has 0 aliphatic heterocycles. The van der Waals surface area contributed by atoms with E-state index in [0.717, 1.165) is 15.6 Å². The maximum atomic E-state index is 12.6. The van der Waals surface area contributed by atoms with Crippen LogP contribution in [0, 0.1) is 6.92 Å². The highest BCUT2D eigenvalue weighted by Gasteiger charge is 2.30. The van der Waals surface area contributed by atoms with Gasteiger partial charge in [0.2, 0.25) is 0 Å². The van der Waals surface area contributed by atoms with Gasteiger partial charge >= 0.3 is 0 Å². The molecule has 19 heavy (non-hydrogen) atoms. The van der Waals surface area contributed by atoms with Crippen molar-refractivity contribution < 1.29 is 4.79 Å². The van der Waals surface area contributed by atoms with E-state index in [9.17, 15) is 4.79 Å². The minimum Gasteiger partial charge on any atom is -0.398 e. The number of benzene rings is 2. The third kappa shape index (κ3) is 1.67. The Morgan fingerprint density at radius 2 is 1.79 bits per heavy atom. The van der Waals surface area contributed by atoms with Gasteiger partial charge in [-0.1, -0.05) is 36.5 Å². The van der Waals surface area contributed by atoms with Gasteiger partial charge < -0.3 is 5.73 Å². The Labute approximate surface area is 124 Å². The molecule has 0 unspecified atom stereocenters. The molecule has 0 heterocycles. The van der Waals surface area contributed by atoms with Crippen LogP contribution in [-0.2, 0) is 0 Å². The Kier molecular flexibility index (Phi) is 2.80. The van der Waals surface area contributed by atoms with Crippen LogP contribution in [-0.4, -0.2) is 10.6 Å². The number of aryl methyl sites for hydroxylation is 1. The van der Waals surface area contributed by atoms with Crippen molar-refractivity contribution >= 4 is 44.5 Å². The van der Waals surface area contributed by atoms with E-state index in [0.29, 0.717) is 27.2 Å². The molecule has 94 valence electrons. The van der Waals surface area contributed by atoms with Crippen LogP contribution in [0.5, 0.6) is 0 Å². The van der Waals surface area contributed by atoms with Crippen molar-refractivity contribution in [2.24, 2.45) is 0 Å². The maximum Gasteiger partial charge on any atom is 0.195 e. The molecule has 0 fully saturated rings.